The Bertz CT molecular complexity index is 224. The Labute approximate surface area is 101 Å². The molecule has 0 radical (unpaired) electrons. The van der Waals surface area contributed by atoms with Crippen molar-refractivity contribution in [2.75, 3.05) is 19.6 Å². The first-order chi connectivity index (χ1) is 7.83. The summed E-state index contributed by atoms with van der Waals surface area (Å²) in [6.07, 6.45) is 2.85. The molecule has 1 heterocycles. The SMILES string of the molecule is CC.CCN1CCCC1.Cc1ccccc1. The largest absolute Gasteiger partial charge is 0.304 e. The van der Waals surface area contributed by atoms with Crippen LogP contribution in [-0.2, 0) is 0 Å². The number of rotatable bonds is 1. The molecule has 0 aromatic heterocycles. The molecule has 0 aliphatic carbocycles. The standard InChI is InChI=1S/C7H8.C6H13N.C2H6/c1-7-5-3-2-4-6-7;1-2-7-5-3-4-6-7;1-2/h2-6H,1H3;2-6H2,1H3;1-2H3. The van der Waals surface area contributed by atoms with Gasteiger partial charge in [0, 0.05) is 0 Å². The molecule has 1 aliphatic heterocycles. The number of benzene rings is 1. The fourth-order valence-electron chi connectivity index (χ4n) is 1.63. The number of hydrogen-bond donors (Lipinski definition) is 0. The zero-order valence-corrected chi connectivity index (χ0v) is 11.4. The Morgan fingerprint density at radius 2 is 1.50 bits per heavy atom. The lowest BCUT2D eigenvalue weighted by molar-refractivity contribution is 0.359. The van der Waals surface area contributed by atoms with Gasteiger partial charge in [0.2, 0.25) is 0 Å². The summed E-state index contributed by atoms with van der Waals surface area (Å²) in [7, 11) is 0. The summed E-state index contributed by atoms with van der Waals surface area (Å²) in [5.74, 6) is 0. The van der Waals surface area contributed by atoms with Gasteiger partial charge in [-0.1, -0.05) is 56.7 Å². The van der Waals surface area contributed by atoms with Gasteiger partial charge in [-0.25, -0.2) is 0 Å². The minimum Gasteiger partial charge on any atom is -0.304 e. The number of likely N-dealkylation sites (tertiary alicyclic amines) is 1. The first kappa shape index (κ1) is 15.2. The number of aryl methyl sites for hydroxylation is 1. The molecule has 1 heteroatoms. The van der Waals surface area contributed by atoms with Crippen LogP contribution < -0.4 is 0 Å². The summed E-state index contributed by atoms with van der Waals surface area (Å²) in [5, 5.41) is 0. The summed E-state index contributed by atoms with van der Waals surface area (Å²) < 4.78 is 0. The second-order valence-corrected chi connectivity index (χ2v) is 3.80. The van der Waals surface area contributed by atoms with Gasteiger partial charge in [-0.3, -0.25) is 0 Å². The van der Waals surface area contributed by atoms with E-state index in [1.54, 1.807) is 0 Å². The average molecular weight is 221 g/mol. The lowest BCUT2D eigenvalue weighted by atomic mass is 10.2. The van der Waals surface area contributed by atoms with Crippen LogP contribution in [0.15, 0.2) is 30.3 Å². The second-order valence-electron chi connectivity index (χ2n) is 3.80. The minimum absolute atomic E-state index is 1.25. The van der Waals surface area contributed by atoms with Crippen LogP contribution >= 0.6 is 0 Å². The zero-order valence-electron chi connectivity index (χ0n) is 11.4. The van der Waals surface area contributed by atoms with Crippen LogP contribution in [0.25, 0.3) is 0 Å². The highest BCUT2D eigenvalue weighted by molar-refractivity contribution is 5.11. The van der Waals surface area contributed by atoms with Crippen LogP contribution in [0.4, 0.5) is 0 Å². The highest BCUT2D eigenvalue weighted by atomic mass is 15.1. The van der Waals surface area contributed by atoms with Crippen LogP contribution in [0.5, 0.6) is 0 Å². The Hall–Kier alpha value is -0.820. The molecule has 1 aromatic rings. The van der Waals surface area contributed by atoms with Crippen LogP contribution in [0.1, 0.15) is 39.2 Å². The third kappa shape index (κ3) is 7.47. The molecule has 1 aromatic carbocycles. The van der Waals surface area contributed by atoms with Gasteiger partial charge in [0.15, 0.2) is 0 Å². The van der Waals surface area contributed by atoms with E-state index in [0.717, 1.165) is 0 Å². The summed E-state index contributed by atoms with van der Waals surface area (Å²) in [4.78, 5) is 2.49. The first-order valence-electron chi connectivity index (χ1n) is 6.57. The Kier molecular flexibility index (Phi) is 10.1. The van der Waals surface area contributed by atoms with Gasteiger partial charge in [0.25, 0.3) is 0 Å². The van der Waals surface area contributed by atoms with Gasteiger partial charge < -0.3 is 4.90 Å². The quantitative estimate of drug-likeness (QED) is 0.689. The highest BCUT2D eigenvalue weighted by Crippen LogP contribution is 2.04. The maximum Gasteiger partial charge on any atom is -0.00184 e. The van der Waals surface area contributed by atoms with Gasteiger partial charge in [-0.2, -0.15) is 0 Å². The van der Waals surface area contributed by atoms with Crippen molar-refractivity contribution in [3.8, 4) is 0 Å². The third-order valence-electron chi connectivity index (χ3n) is 2.59. The van der Waals surface area contributed by atoms with Gasteiger partial charge in [-0.15, -0.1) is 0 Å². The van der Waals surface area contributed by atoms with E-state index in [4.69, 9.17) is 0 Å². The Morgan fingerprint density at radius 1 is 1.00 bits per heavy atom. The predicted octanol–water partition coefficient (Wildman–Crippen LogP) is 4.12. The van der Waals surface area contributed by atoms with E-state index in [0.29, 0.717) is 0 Å². The van der Waals surface area contributed by atoms with E-state index < -0.39 is 0 Å². The third-order valence-corrected chi connectivity index (χ3v) is 2.59. The summed E-state index contributed by atoms with van der Waals surface area (Å²) in [6, 6.07) is 10.3. The molecule has 92 valence electrons. The fraction of sp³-hybridized carbons (Fsp3) is 0.600. The predicted molar refractivity (Wildman–Crippen MR) is 73.9 cm³/mol. The molecule has 1 saturated heterocycles. The molecule has 1 fully saturated rings. The first-order valence-corrected chi connectivity index (χ1v) is 6.57. The molecule has 0 spiro atoms. The molecule has 0 amide bonds. The van der Waals surface area contributed by atoms with Crippen molar-refractivity contribution < 1.29 is 0 Å². The summed E-state index contributed by atoms with van der Waals surface area (Å²) in [5.41, 5.74) is 1.32. The normalized spacial score (nSPS) is 14.5. The molecule has 2 rings (SSSR count). The fourth-order valence-corrected chi connectivity index (χ4v) is 1.63. The minimum atomic E-state index is 1.25. The summed E-state index contributed by atoms with van der Waals surface area (Å²) in [6.45, 7) is 12.2. The smallest absolute Gasteiger partial charge is 0.00184 e. The van der Waals surface area contributed by atoms with Gasteiger partial charge in [0.05, 0.1) is 0 Å². The van der Waals surface area contributed by atoms with Crippen LogP contribution in [-0.4, -0.2) is 24.5 Å². The molecule has 0 N–H and O–H groups in total. The van der Waals surface area contributed by atoms with Gasteiger partial charge in [-0.05, 0) is 39.4 Å². The van der Waals surface area contributed by atoms with E-state index in [-0.39, 0.29) is 0 Å². The number of nitrogens with zero attached hydrogens (tertiary/aromatic N) is 1. The maximum atomic E-state index is 2.49. The van der Waals surface area contributed by atoms with E-state index in [1.165, 1.54) is 38.0 Å². The molecular formula is C15H27N. The van der Waals surface area contributed by atoms with E-state index >= 15 is 0 Å². The molecule has 1 nitrogen and oxygen atoms in total. The van der Waals surface area contributed by atoms with Crippen LogP contribution in [0.3, 0.4) is 0 Å². The average Bonchev–Trinajstić information content (AvgIpc) is 2.86. The monoisotopic (exact) mass is 221 g/mol. The molecule has 16 heavy (non-hydrogen) atoms. The molecule has 0 atom stereocenters. The number of hydrogen-bond acceptors (Lipinski definition) is 1. The van der Waals surface area contributed by atoms with Crippen LogP contribution in [0, 0.1) is 6.92 Å². The molecular weight excluding hydrogens is 194 g/mol. The van der Waals surface area contributed by atoms with E-state index in [1.807, 2.05) is 32.0 Å². The van der Waals surface area contributed by atoms with Crippen molar-refractivity contribution in [3.63, 3.8) is 0 Å². The van der Waals surface area contributed by atoms with Crippen LogP contribution in [0.2, 0.25) is 0 Å². The molecule has 1 aliphatic rings. The summed E-state index contributed by atoms with van der Waals surface area (Å²) >= 11 is 0. The highest BCUT2D eigenvalue weighted by Gasteiger charge is 2.06. The zero-order chi connectivity index (χ0) is 12.2. The molecule has 0 bridgehead atoms. The second kappa shape index (κ2) is 10.7. The van der Waals surface area contributed by atoms with Crippen molar-refractivity contribution in [1.82, 2.24) is 4.90 Å². The van der Waals surface area contributed by atoms with Crippen molar-refractivity contribution in [2.45, 2.75) is 40.5 Å². The van der Waals surface area contributed by atoms with Gasteiger partial charge >= 0.3 is 0 Å². The molecule has 0 saturated carbocycles. The van der Waals surface area contributed by atoms with Crippen molar-refractivity contribution in [3.05, 3.63) is 35.9 Å². The maximum absolute atomic E-state index is 2.49. The Morgan fingerprint density at radius 3 is 1.75 bits per heavy atom. The van der Waals surface area contributed by atoms with Gasteiger partial charge in [0.1, 0.15) is 0 Å². The van der Waals surface area contributed by atoms with E-state index in [9.17, 15) is 0 Å². The lowest BCUT2D eigenvalue weighted by Crippen LogP contribution is -2.17. The van der Waals surface area contributed by atoms with Crippen molar-refractivity contribution in [2.24, 2.45) is 0 Å². The lowest BCUT2D eigenvalue weighted by Gasteiger charge is -2.08. The molecule has 0 unspecified atom stereocenters. The van der Waals surface area contributed by atoms with Crippen molar-refractivity contribution >= 4 is 0 Å². The topological polar surface area (TPSA) is 3.24 Å². The van der Waals surface area contributed by atoms with Crippen molar-refractivity contribution in [1.29, 1.82) is 0 Å². The van der Waals surface area contributed by atoms with E-state index in [2.05, 4.69) is 30.9 Å². The Balaban J connectivity index is 0.000000244.